The molecule has 0 spiro atoms. The molecule has 2 aromatic rings. The third-order valence-corrected chi connectivity index (χ3v) is 3.54. The summed E-state index contributed by atoms with van der Waals surface area (Å²) in [5.74, 6) is 0. The summed E-state index contributed by atoms with van der Waals surface area (Å²) in [6, 6.07) is 17.9. The fourth-order valence-corrected chi connectivity index (χ4v) is 2.33. The third-order valence-electron chi connectivity index (χ3n) is 3.54. The summed E-state index contributed by atoms with van der Waals surface area (Å²) in [7, 11) is 0. The molecule has 1 heterocycles. The van der Waals surface area contributed by atoms with Crippen LogP contribution in [-0.4, -0.2) is 11.5 Å². The number of nitrogens with zero attached hydrogens (tertiary/aromatic N) is 2. The minimum Gasteiger partial charge on any atom is -0.296 e. The molecule has 1 aliphatic rings. The minimum atomic E-state index is 0.531. The molecule has 2 aromatic carbocycles. The Labute approximate surface area is 129 Å². The van der Waals surface area contributed by atoms with Gasteiger partial charge in [0.25, 0.3) is 0 Å². The first-order chi connectivity index (χ1) is 10.7. The maximum atomic E-state index is 11.2. The third kappa shape index (κ3) is 2.66. The second-order valence-corrected chi connectivity index (χ2v) is 5.17. The van der Waals surface area contributed by atoms with Gasteiger partial charge in [0.1, 0.15) is 5.70 Å². The van der Waals surface area contributed by atoms with E-state index < -0.39 is 0 Å². The zero-order chi connectivity index (χ0) is 15.5. The van der Waals surface area contributed by atoms with E-state index in [0.717, 1.165) is 23.4 Å². The molecule has 2 N–H and O–H groups in total. The van der Waals surface area contributed by atoms with Gasteiger partial charge in [-0.1, -0.05) is 35.9 Å². The smallest absolute Gasteiger partial charge is 0.169 e. The van der Waals surface area contributed by atoms with Gasteiger partial charge in [-0.2, -0.15) is 0 Å². The van der Waals surface area contributed by atoms with E-state index in [0.29, 0.717) is 5.70 Å². The lowest BCUT2D eigenvalue weighted by Gasteiger charge is -2.30. The first-order valence-corrected chi connectivity index (χ1v) is 7.10. The number of carbonyl (C=O) groups is 1. The first-order valence-electron chi connectivity index (χ1n) is 7.10. The summed E-state index contributed by atoms with van der Waals surface area (Å²) in [6.07, 6.45) is 0.822. The second-order valence-electron chi connectivity index (χ2n) is 5.17. The molecule has 5 nitrogen and oxygen atoms in total. The molecule has 0 unspecified atom stereocenters. The summed E-state index contributed by atoms with van der Waals surface area (Å²) in [5.41, 5.74) is 10.8. The van der Waals surface area contributed by atoms with Crippen LogP contribution in [0.25, 0.3) is 0 Å². The zero-order valence-electron chi connectivity index (χ0n) is 12.6. The van der Waals surface area contributed by atoms with E-state index >= 15 is 0 Å². The molecule has 0 atom stereocenters. The molecule has 0 aliphatic carbocycles. The zero-order valence-corrected chi connectivity index (χ0v) is 12.6. The van der Waals surface area contributed by atoms with Crippen molar-refractivity contribution >= 4 is 17.7 Å². The van der Waals surface area contributed by atoms with Gasteiger partial charge in [-0.3, -0.25) is 15.6 Å². The van der Waals surface area contributed by atoms with E-state index in [9.17, 15) is 4.79 Å². The molecule has 0 saturated heterocycles. The summed E-state index contributed by atoms with van der Waals surface area (Å²) in [5, 5.41) is 3.63. The number of hydrogen-bond acceptors (Lipinski definition) is 5. The van der Waals surface area contributed by atoms with Crippen LogP contribution in [0.3, 0.4) is 0 Å². The normalized spacial score (nSPS) is 14.9. The van der Waals surface area contributed by atoms with Crippen molar-refractivity contribution in [2.24, 2.45) is 0 Å². The van der Waals surface area contributed by atoms with Gasteiger partial charge in [0, 0.05) is 0 Å². The van der Waals surface area contributed by atoms with Gasteiger partial charge in [0.2, 0.25) is 0 Å². The lowest BCUT2D eigenvalue weighted by atomic mass is 10.2. The lowest BCUT2D eigenvalue weighted by Crippen LogP contribution is -2.47. The molecule has 1 aliphatic heterocycles. The SMILES string of the molecule is CC1=C(C=O)NN(Nc2ccc(C)cc2)N1c1ccccc1. The largest absolute Gasteiger partial charge is 0.296 e. The van der Waals surface area contributed by atoms with E-state index in [-0.39, 0.29) is 0 Å². The molecule has 0 fully saturated rings. The van der Waals surface area contributed by atoms with Crippen LogP contribution in [0.5, 0.6) is 0 Å². The Kier molecular flexibility index (Phi) is 3.80. The average Bonchev–Trinajstić information content (AvgIpc) is 2.86. The van der Waals surface area contributed by atoms with Crippen molar-refractivity contribution in [1.29, 1.82) is 0 Å². The fraction of sp³-hybridized carbons (Fsp3) is 0.118. The summed E-state index contributed by atoms with van der Waals surface area (Å²) in [4.78, 5) is 11.2. The quantitative estimate of drug-likeness (QED) is 0.849. The molecule has 3 rings (SSSR count). The van der Waals surface area contributed by atoms with E-state index in [4.69, 9.17) is 0 Å². The molecule has 5 heteroatoms. The van der Waals surface area contributed by atoms with Gasteiger partial charge in [0.05, 0.1) is 17.1 Å². The number of hydrazine groups is 3. The number of rotatable bonds is 4. The van der Waals surface area contributed by atoms with Crippen molar-refractivity contribution in [2.75, 3.05) is 10.4 Å². The molecule has 0 saturated carbocycles. The molecule has 0 bridgehead atoms. The Morgan fingerprint density at radius 2 is 1.68 bits per heavy atom. The van der Waals surface area contributed by atoms with Gasteiger partial charge in [-0.15, -0.1) is 0 Å². The number of aryl methyl sites for hydroxylation is 1. The van der Waals surface area contributed by atoms with Crippen LogP contribution in [-0.2, 0) is 4.79 Å². The Morgan fingerprint density at radius 1 is 1.00 bits per heavy atom. The van der Waals surface area contributed by atoms with Crippen LogP contribution in [0.15, 0.2) is 66.0 Å². The molecular weight excluding hydrogens is 276 g/mol. The van der Waals surface area contributed by atoms with Crippen molar-refractivity contribution < 1.29 is 4.79 Å². The van der Waals surface area contributed by atoms with Gasteiger partial charge < -0.3 is 0 Å². The minimum absolute atomic E-state index is 0.531. The van der Waals surface area contributed by atoms with E-state index in [1.54, 1.807) is 5.23 Å². The lowest BCUT2D eigenvalue weighted by molar-refractivity contribution is -0.105. The highest BCUT2D eigenvalue weighted by atomic mass is 16.1. The van der Waals surface area contributed by atoms with Crippen LogP contribution in [0.4, 0.5) is 11.4 Å². The topological polar surface area (TPSA) is 47.6 Å². The van der Waals surface area contributed by atoms with Crippen LogP contribution in [0.1, 0.15) is 12.5 Å². The number of para-hydroxylation sites is 1. The maximum absolute atomic E-state index is 11.2. The molecule has 0 amide bonds. The standard InChI is InChI=1S/C17H18N4O/c1-13-8-10-15(11-9-13)18-21-19-17(12-22)14(2)20(21)16-6-4-3-5-7-16/h3-12,18-19H,1-2H3. The van der Waals surface area contributed by atoms with Crippen LogP contribution in [0, 0.1) is 6.92 Å². The number of benzene rings is 2. The molecule has 112 valence electrons. The van der Waals surface area contributed by atoms with E-state index in [1.165, 1.54) is 5.56 Å². The predicted octanol–water partition coefficient (Wildman–Crippen LogP) is 2.99. The highest BCUT2D eigenvalue weighted by Gasteiger charge is 2.28. The number of nitrogens with one attached hydrogen (secondary N) is 2. The number of aldehydes is 1. The van der Waals surface area contributed by atoms with Crippen molar-refractivity contribution in [3.63, 3.8) is 0 Å². The Morgan fingerprint density at radius 3 is 2.32 bits per heavy atom. The predicted molar refractivity (Wildman–Crippen MR) is 87.5 cm³/mol. The average molecular weight is 294 g/mol. The molecule has 22 heavy (non-hydrogen) atoms. The number of carbonyl (C=O) groups excluding carboxylic acids is 1. The van der Waals surface area contributed by atoms with Gasteiger partial charge >= 0.3 is 0 Å². The highest BCUT2D eigenvalue weighted by molar-refractivity contribution is 5.76. The Balaban J connectivity index is 1.90. The summed E-state index contributed by atoms with van der Waals surface area (Å²) in [6.45, 7) is 3.95. The maximum Gasteiger partial charge on any atom is 0.169 e. The Hall–Kier alpha value is -2.79. The van der Waals surface area contributed by atoms with Gasteiger partial charge in [0.15, 0.2) is 6.29 Å². The fourth-order valence-electron chi connectivity index (χ4n) is 2.33. The van der Waals surface area contributed by atoms with Crippen molar-refractivity contribution in [3.8, 4) is 0 Å². The van der Waals surface area contributed by atoms with Gasteiger partial charge in [-0.25, -0.2) is 5.01 Å². The summed E-state index contributed by atoms with van der Waals surface area (Å²) < 4.78 is 0. The van der Waals surface area contributed by atoms with Crippen LogP contribution in [0.2, 0.25) is 0 Å². The molecule has 0 aromatic heterocycles. The summed E-state index contributed by atoms with van der Waals surface area (Å²) >= 11 is 0. The first kappa shape index (κ1) is 14.2. The molecule has 0 radical (unpaired) electrons. The van der Waals surface area contributed by atoms with E-state index in [1.807, 2.05) is 73.5 Å². The van der Waals surface area contributed by atoms with Crippen molar-refractivity contribution in [3.05, 3.63) is 71.6 Å². The second kappa shape index (κ2) is 5.91. The van der Waals surface area contributed by atoms with Gasteiger partial charge in [-0.05, 0) is 43.3 Å². The number of allylic oxidation sites excluding steroid dienone is 2. The van der Waals surface area contributed by atoms with Crippen molar-refractivity contribution in [1.82, 2.24) is 10.7 Å². The highest BCUT2D eigenvalue weighted by Crippen LogP contribution is 2.26. The van der Waals surface area contributed by atoms with Crippen molar-refractivity contribution in [2.45, 2.75) is 13.8 Å². The molecular formula is C17H18N4O. The van der Waals surface area contributed by atoms with Crippen LogP contribution >= 0.6 is 0 Å². The monoisotopic (exact) mass is 294 g/mol. The number of hydrogen-bond donors (Lipinski definition) is 2. The Bertz CT molecular complexity index is 694. The van der Waals surface area contributed by atoms with E-state index in [2.05, 4.69) is 10.9 Å². The number of anilines is 2. The van der Waals surface area contributed by atoms with Crippen LogP contribution < -0.4 is 15.9 Å².